The van der Waals surface area contributed by atoms with Crippen molar-refractivity contribution in [3.63, 3.8) is 0 Å². The van der Waals surface area contributed by atoms with E-state index in [0.717, 1.165) is 30.5 Å². The molecule has 2 aliphatic carbocycles. The van der Waals surface area contributed by atoms with Crippen LogP contribution in [0.15, 0.2) is 48.9 Å². The van der Waals surface area contributed by atoms with Crippen molar-refractivity contribution in [2.75, 3.05) is 12.4 Å². The van der Waals surface area contributed by atoms with Crippen molar-refractivity contribution in [1.29, 1.82) is 0 Å². The summed E-state index contributed by atoms with van der Waals surface area (Å²) in [5, 5.41) is 18.4. The Morgan fingerprint density at radius 3 is 2.56 bits per heavy atom. The van der Waals surface area contributed by atoms with Gasteiger partial charge in [-0.1, -0.05) is 6.92 Å². The van der Waals surface area contributed by atoms with E-state index in [-0.39, 0.29) is 34.9 Å². The summed E-state index contributed by atoms with van der Waals surface area (Å²) < 4.78 is 37.5. The van der Waals surface area contributed by atoms with Gasteiger partial charge in [-0.2, -0.15) is 9.61 Å². The third-order valence-electron chi connectivity index (χ3n) is 8.41. The highest BCUT2D eigenvalue weighted by atomic mass is 19.1. The van der Waals surface area contributed by atoms with Crippen LogP contribution in [0.2, 0.25) is 0 Å². The lowest BCUT2D eigenvalue weighted by Gasteiger charge is -2.38. The first kappa shape index (κ1) is 25.8. The number of fused-ring (bicyclic) bond motifs is 1. The standard InChI is InChI=1S/C29H32F2N6O2/c1-16-10-17(11-23(32)27(16)39-2)20-6-9-33-15-25(20)35-28-34-14-19-4-5-24(36-37(19)28)26-21(30)12-18(13-22(26)31)29(38)7-3-8-29/h4-6,9,12-17,23,27,38H,3,7-8,10-11,32H2,1-2H3,(H,34,35). The van der Waals surface area contributed by atoms with E-state index in [1.807, 2.05) is 6.07 Å². The Morgan fingerprint density at radius 1 is 1.13 bits per heavy atom. The van der Waals surface area contributed by atoms with Crippen LogP contribution in [0.3, 0.4) is 0 Å². The van der Waals surface area contributed by atoms with Gasteiger partial charge in [-0.3, -0.25) is 4.98 Å². The molecule has 2 saturated carbocycles. The number of aliphatic hydroxyl groups is 1. The summed E-state index contributed by atoms with van der Waals surface area (Å²) in [6, 6.07) is 7.60. The molecule has 0 aliphatic heterocycles. The fraction of sp³-hybridized carbons (Fsp3) is 0.414. The summed E-state index contributed by atoms with van der Waals surface area (Å²) >= 11 is 0. The van der Waals surface area contributed by atoms with Crippen LogP contribution < -0.4 is 11.1 Å². The molecular formula is C29H32F2N6O2. The van der Waals surface area contributed by atoms with Crippen molar-refractivity contribution >= 4 is 17.2 Å². The number of nitrogens with two attached hydrogens (primary N) is 1. The number of halogens is 2. The zero-order valence-electron chi connectivity index (χ0n) is 21.9. The van der Waals surface area contributed by atoms with Gasteiger partial charge >= 0.3 is 0 Å². The molecule has 3 aromatic heterocycles. The maximum atomic E-state index is 15.2. The van der Waals surface area contributed by atoms with E-state index < -0.39 is 17.2 Å². The van der Waals surface area contributed by atoms with Gasteiger partial charge in [-0.15, -0.1) is 0 Å². The fourth-order valence-electron chi connectivity index (χ4n) is 6.20. The topological polar surface area (TPSA) is 111 Å². The molecule has 4 N–H and O–H groups in total. The predicted octanol–water partition coefficient (Wildman–Crippen LogP) is 5.04. The maximum Gasteiger partial charge on any atom is 0.229 e. The van der Waals surface area contributed by atoms with Crippen molar-refractivity contribution in [1.82, 2.24) is 19.6 Å². The Balaban J connectivity index is 1.32. The number of anilines is 2. The lowest BCUT2D eigenvalue weighted by Crippen LogP contribution is -2.45. The minimum atomic E-state index is -1.16. The largest absolute Gasteiger partial charge is 0.385 e. The van der Waals surface area contributed by atoms with E-state index in [0.29, 0.717) is 30.2 Å². The van der Waals surface area contributed by atoms with Gasteiger partial charge in [0.05, 0.1) is 46.6 Å². The molecule has 0 radical (unpaired) electrons. The van der Waals surface area contributed by atoms with Crippen molar-refractivity contribution in [2.45, 2.75) is 62.7 Å². The summed E-state index contributed by atoms with van der Waals surface area (Å²) in [7, 11) is 1.70. The number of hydrogen-bond donors (Lipinski definition) is 3. The molecule has 204 valence electrons. The number of hydrogen-bond acceptors (Lipinski definition) is 7. The van der Waals surface area contributed by atoms with E-state index in [4.69, 9.17) is 10.5 Å². The molecule has 0 bridgehead atoms. The maximum absolute atomic E-state index is 15.2. The van der Waals surface area contributed by atoms with Gasteiger partial charge in [0.25, 0.3) is 0 Å². The van der Waals surface area contributed by atoms with Crippen molar-refractivity contribution < 1.29 is 18.6 Å². The highest BCUT2D eigenvalue weighted by molar-refractivity contribution is 5.66. The van der Waals surface area contributed by atoms with Gasteiger partial charge in [-0.05, 0) is 85.4 Å². The van der Waals surface area contributed by atoms with E-state index in [2.05, 4.69) is 27.3 Å². The summed E-state index contributed by atoms with van der Waals surface area (Å²) in [6.45, 7) is 2.15. The Labute approximate surface area is 225 Å². The van der Waals surface area contributed by atoms with Crippen LogP contribution in [0.5, 0.6) is 0 Å². The van der Waals surface area contributed by atoms with Crippen LogP contribution >= 0.6 is 0 Å². The minimum Gasteiger partial charge on any atom is -0.385 e. The van der Waals surface area contributed by atoms with E-state index in [9.17, 15) is 5.11 Å². The lowest BCUT2D eigenvalue weighted by atomic mass is 9.74. The van der Waals surface area contributed by atoms with Crippen LogP contribution in [0.1, 0.15) is 56.1 Å². The molecule has 4 aromatic rings. The first-order valence-corrected chi connectivity index (χ1v) is 13.3. The van der Waals surface area contributed by atoms with Gasteiger partial charge < -0.3 is 20.9 Å². The third kappa shape index (κ3) is 4.56. The van der Waals surface area contributed by atoms with Crippen LogP contribution in [0.25, 0.3) is 16.8 Å². The van der Waals surface area contributed by atoms with Crippen LogP contribution in [0, 0.1) is 17.6 Å². The normalized spacial score (nSPS) is 24.5. The number of imidazole rings is 1. The molecule has 4 atom stereocenters. The van der Waals surface area contributed by atoms with Crippen LogP contribution in [-0.4, -0.2) is 43.9 Å². The number of pyridine rings is 1. The number of benzene rings is 1. The average Bonchev–Trinajstić information content (AvgIpc) is 3.29. The summed E-state index contributed by atoms with van der Waals surface area (Å²) in [6.07, 6.45) is 8.66. The Hall–Kier alpha value is -3.47. The number of methoxy groups -OCH3 is 1. The molecule has 2 aliphatic rings. The highest BCUT2D eigenvalue weighted by Crippen LogP contribution is 2.43. The number of aromatic nitrogens is 4. The molecule has 10 heteroatoms. The zero-order valence-corrected chi connectivity index (χ0v) is 21.9. The molecular weight excluding hydrogens is 502 g/mol. The second-order valence-corrected chi connectivity index (χ2v) is 10.9. The predicted molar refractivity (Wildman–Crippen MR) is 144 cm³/mol. The smallest absolute Gasteiger partial charge is 0.229 e. The molecule has 8 nitrogen and oxygen atoms in total. The Morgan fingerprint density at radius 2 is 1.90 bits per heavy atom. The second-order valence-electron chi connectivity index (χ2n) is 10.9. The fourth-order valence-corrected chi connectivity index (χ4v) is 6.20. The molecule has 6 rings (SSSR count). The van der Waals surface area contributed by atoms with Crippen LogP contribution in [0.4, 0.5) is 20.4 Å². The van der Waals surface area contributed by atoms with Gasteiger partial charge in [-0.25, -0.2) is 13.8 Å². The quantitative estimate of drug-likeness (QED) is 0.318. The first-order valence-electron chi connectivity index (χ1n) is 13.3. The molecule has 3 heterocycles. The van der Waals surface area contributed by atoms with Gasteiger partial charge in [0.1, 0.15) is 11.6 Å². The summed E-state index contributed by atoms with van der Waals surface area (Å²) in [5.41, 5.74) is 7.91. The van der Waals surface area contributed by atoms with Crippen molar-refractivity contribution in [3.05, 3.63) is 71.7 Å². The number of nitrogens with zero attached hydrogens (tertiary/aromatic N) is 4. The van der Waals surface area contributed by atoms with Crippen LogP contribution in [-0.2, 0) is 10.3 Å². The van der Waals surface area contributed by atoms with Gasteiger partial charge in [0.2, 0.25) is 5.95 Å². The summed E-state index contributed by atoms with van der Waals surface area (Å²) in [5.74, 6) is -0.640. The summed E-state index contributed by atoms with van der Waals surface area (Å²) in [4.78, 5) is 8.78. The molecule has 2 fully saturated rings. The van der Waals surface area contributed by atoms with E-state index in [1.54, 1.807) is 37.8 Å². The Bertz CT molecular complexity index is 1490. The minimum absolute atomic E-state index is 0.0184. The molecule has 0 amide bonds. The average molecular weight is 535 g/mol. The lowest BCUT2D eigenvalue weighted by molar-refractivity contribution is -0.0392. The molecule has 39 heavy (non-hydrogen) atoms. The number of rotatable bonds is 6. The van der Waals surface area contributed by atoms with E-state index in [1.165, 1.54) is 16.6 Å². The zero-order chi connectivity index (χ0) is 27.3. The van der Waals surface area contributed by atoms with Crippen molar-refractivity contribution in [2.24, 2.45) is 11.7 Å². The number of nitrogens with one attached hydrogen (secondary N) is 1. The monoisotopic (exact) mass is 534 g/mol. The highest BCUT2D eigenvalue weighted by Gasteiger charge is 2.38. The molecule has 4 unspecified atom stereocenters. The molecule has 0 saturated heterocycles. The SMILES string of the molecule is COC1C(C)CC(c2ccncc2Nc2ncc3ccc(-c4c(F)cc(C5(O)CCC5)cc4F)nn23)CC1N. The molecule has 0 spiro atoms. The molecule has 1 aromatic carbocycles. The number of ether oxygens (including phenoxy) is 1. The van der Waals surface area contributed by atoms with Crippen molar-refractivity contribution in [3.8, 4) is 11.3 Å². The Kier molecular flexibility index (Phi) is 6.57. The van der Waals surface area contributed by atoms with E-state index >= 15 is 8.78 Å². The van der Waals surface area contributed by atoms with Gasteiger partial charge in [0.15, 0.2) is 0 Å². The van der Waals surface area contributed by atoms with Gasteiger partial charge in [0, 0.05) is 19.3 Å². The third-order valence-corrected chi connectivity index (χ3v) is 8.41. The second kappa shape index (κ2) is 9.93. The first-order chi connectivity index (χ1) is 18.8.